The first-order valence-electron chi connectivity index (χ1n) is 8.61. The Morgan fingerprint density at radius 2 is 2.16 bits per heavy atom. The number of aryl methyl sites for hydroxylation is 2. The van der Waals surface area contributed by atoms with Crippen molar-refractivity contribution in [3.8, 4) is 0 Å². The number of likely N-dealkylation sites (tertiary alicyclic amines) is 1. The molecule has 0 radical (unpaired) electrons. The van der Waals surface area contributed by atoms with Gasteiger partial charge in [0.1, 0.15) is 11.4 Å². The summed E-state index contributed by atoms with van der Waals surface area (Å²) >= 11 is 1.43. The van der Waals surface area contributed by atoms with Crippen molar-refractivity contribution in [2.24, 2.45) is 7.05 Å². The molecular weight excluding hydrogens is 336 g/mol. The summed E-state index contributed by atoms with van der Waals surface area (Å²) in [5.41, 5.74) is 1.20. The van der Waals surface area contributed by atoms with Crippen LogP contribution in [0.3, 0.4) is 0 Å². The van der Waals surface area contributed by atoms with Crippen molar-refractivity contribution in [1.29, 1.82) is 0 Å². The van der Waals surface area contributed by atoms with Crippen LogP contribution in [-0.4, -0.2) is 38.6 Å². The van der Waals surface area contributed by atoms with Crippen LogP contribution >= 0.6 is 11.3 Å². The minimum atomic E-state index is -0.808. The fourth-order valence-corrected chi connectivity index (χ4v) is 4.14. The zero-order valence-electron chi connectivity index (χ0n) is 14.7. The average Bonchev–Trinajstić information content (AvgIpc) is 3.22. The van der Waals surface area contributed by atoms with Crippen LogP contribution in [0, 0.1) is 6.92 Å². The van der Waals surface area contributed by atoms with E-state index >= 15 is 0 Å². The monoisotopic (exact) mass is 358 g/mol. The van der Waals surface area contributed by atoms with Crippen LogP contribution in [0.4, 0.5) is 5.82 Å². The van der Waals surface area contributed by atoms with Crippen LogP contribution in [0.5, 0.6) is 0 Å². The van der Waals surface area contributed by atoms with Gasteiger partial charge in [-0.25, -0.2) is 0 Å². The Morgan fingerprint density at radius 1 is 1.40 bits per heavy atom. The molecule has 1 N–H and O–H groups in total. The van der Waals surface area contributed by atoms with Gasteiger partial charge in [-0.05, 0) is 50.1 Å². The van der Waals surface area contributed by atoms with Gasteiger partial charge in [0.25, 0.3) is 11.8 Å². The molecule has 6 nitrogen and oxygen atoms in total. The number of nitrogens with zero attached hydrogens (tertiary/aromatic N) is 3. The smallest absolute Gasteiger partial charge is 0.265 e. The number of aromatic nitrogens is 2. The summed E-state index contributed by atoms with van der Waals surface area (Å²) in [6.07, 6.45) is 3.01. The number of carbonyl (C=O) groups is 2. The lowest BCUT2D eigenvalue weighted by Gasteiger charge is -2.48. The van der Waals surface area contributed by atoms with Gasteiger partial charge in [0.05, 0.1) is 10.6 Å². The van der Waals surface area contributed by atoms with Crippen molar-refractivity contribution in [2.45, 2.75) is 44.6 Å². The number of rotatable bonds is 4. The third-order valence-corrected chi connectivity index (χ3v) is 6.35. The molecule has 1 saturated carbocycles. The van der Waals surface area contributed by atoms with Crippen molar-refractivity contribution in [3.05, 3.63) is 33.6 Å². The minimum absolute atomic E-state index is 0.0555. The summed E-state index contributed by atoms with van der Waals surface area (Å²) in [7, 11) is 1.84. The summed E-state index contributed by atoms with van der Waals surface area (Å²) in [5.74, 6) is 1.03. The maximum absolute atomic E-state index is 12.9. The predicted molar refractivity (Wildman–Crippen MR) is 96.9 cm³/mol. The Morgan fingerprint density at radius 3 is 2.72 bits per heavy atom. The second-order valence-electron chi connectivity index (χ2n) is 7.22. The number of hydrogen-bond donors (Lipinski definition) is 1. The van der Waals surface area contributed by atoms with Crippen LogP contribution in [-0.2, 0) is 11.8 Å². The second-order valence-corrected chi connectivity index (χ2v) is 8.14. The third-order valence-electron chi connectivity index (χ3n) is 5.34. The normalized spacial score (nSPS) is 22.6. The molecule has 1 unspecified atom stereocenters. The van der Waals surface area contributed by atoms with Crippen LogP contribution in [0.1, 0.15) is 53.0 Å². The first-order valence-corrected chi connectivity index (χ1v) is 9.49. The first kappa shape index (κ1) is 16.3. The first-order chi connectivity index (χ1) is 11.9. The van der Waals surface area contributed by atoms with Crippen molar-refractivity contribution >= 4 is 29.0 Å². The Bertz CT molecular complexity index is 851. The molecule has 3 heterocycles. The van der Waals surface area contributed by atoms with E-state index in [1.807, 2.05) is 38.4 Å². The van der Waals surface area contributed by atoms with E-state index in [0.717, 1.165) is 16.1 Å². The van der Waals surface area contributed by atoms with E-state index < -0.39 is 5.54 Å². The van der Waals surface area contributed by atoms with E-state index in [2.05, 4.69) is 10.4 Å². The zero-order valence-corrected chi connectivity index (χ0v) is 15.5. The van der Waals surface area contributed by atoms with Gasteiger partial charge in [-0.1, -0.05) is 0 Å². The Labute approximate surface area is 150 Å². The summed E-state index contributed by atoms with van der Waals surface area (Å²) in [6, 6.07) is 3.89. The highest BCUT2D eigenvalue weighted by Crippen LogP contribution is 2.40. The number of amides is 2. The van der Waals surface area contributed by atoms with E-state index in [0.29, 0.717) is 24.7 Å². The molecule has 2 amide bonds. The SMILES string of the molecule is Cc1ccsc1C(=O)N1CCC1(C)C(=O)Nc1cc(C2CC2)nn1C. The van der Waals surface area contributed by atoms with Crippen LogP contribution in [0.15, 0.2) is 17.5 Å². The van der Waals surface area contributed by atoms with E-state index in [1.165, 1.54) is 24.2 Å². The number of anilines is 1. The molecule has 0 bridgehead atoms. The van der Waals surface area contributed by atoms with Crippen LogP contribution < -0.4 is 5.32 Å². The van der Waals surface area contributed by atoms with Crippen molar-refractivity contribution < 1.29 is 9.59 Å². The second kappa shape index (κ2) is 5.69. The third kappa shape index (κ3) is 2.66. The lowest BCUT2D eigenvalue weighted by molar-refractivity contribution is -0.132. The van der Waals surface area contributed by atoms with Crippen molar-refractivity contribution in [1.82, 2.24) is 14.7 Å². The van der Waals surface area contributed by atoms with Gasteiger partial charge in [0.15, 0.2) is 0 Å². The molecule has 132 valence electrons. The highest BCUT2D eigenvalue weighted by Gasteiger charge is 2.50. The van der Waals surface area contributed by atoms with Gasteiger partial charge in [0.2, 0.25) is 0 Å². The topological polar surface area (TPSA) is 67.2 Å². The van der Waals surface area contributed by atoms with E-state index in [9.17, 15) is 9.59 Å². The molecule has 2 aromatic rings. The quantitative estimate of drug-likeness (QED) is 0.914. The molecule has 4 rings (SSSR count). The van der Waals surface area contributed by atoms with Gasteiger partial charge < -0.3 is 10.2 Å². The predicted octanol–water partition coefficient (Wildman–Crippen LogP) is 2.91. The van der Waals surface area contributed by atoms with Crippen molar-refractivity contribution in [2.75, 3.05) is 11.9 Å². The van der Waals surface area contributed by atoms with Crippen molar-refractivity contribution in [3.63, 3.8) is 0 Å². The fourth-order valence-electron chi connectivity index (χ4n) is 3.27. The highest BCUT2D eigenvalue weighted by molar-refractivity contribution is 7.12. The molecule has 1 atom stereocenters. The van der Waals surface area contributed by atoms with Gasteiger partial charge in [-0.2, -0.15) is 5.10 Å². The fraction of sp³-hybridized carbons (Fsp3) is 0.500. The molecule has 1 saturated heterocycles. The summed E-state index contributed by atoms with van der Waals surface area (Å²) in [5, 5.41) is 9.36. The Hall–Kier alpha value is -2.15. The largest absolute Gasteiger partial charge is 0.323 e. The van der Waals surface area contributed by atoms with Crippen LogP contribution in [0.25, 0.3) is 0 Å². The molecular formula is C18H22N4O2S. The molecule has 7 heteroatoms. The standard InChI is InChI=1S/C18H22N4O2S/c1-11-6-9-25-15(11)16(23)22-8-7-18(22,2)17(24)19-14-10-13(12-4-5-12)20-21(14)3/h6,9-10,12H,4-5,7-8H2,1-3H3,(H,19,24). The molecule has 0 spiro atoms. The maximum Gasteiger partial charge on any atom is 0.265 e. The molecule has 1 aliphatic heterocycles. The molecule has 2 aromatic heterocycles. The van der Waals surface area contributed by atoms with Crippen LogP contribution in [0.2, 0.25) is 0 Å². The van der Waals surface area contributed by atoms with Gasteiger partial charge in [0, 0.05) is 25.6 Å². The highest BCUT2D eigenvalue weighted by atomic mass is 32.1. The molecule has 25 heavy (non-hydrogen) atoms. The Balaban J connectivity index is 1.51. The lowest BCUT2D eigenvalue weighted by atomic mass is 9.85. The Kier molecular flexibility index (Phi) is 3.72. The number of hydrogen-bond acceptors (Lipinski definition) is 4. The average molecular weight is 358 g/mol. The molecule has 2 fully saturated rings. The molecule has 0 aromatic carbocycles. The van der Waals surface area contributed by atoms with Gasteiger partial charge in [-0.3, -0.25) is 14.3 Å². The van der Waals surface area contributed by atoms with Gasteiger partial charge >= 0.3 is 0 Å². The number of carbonyl (C=O) groups excluding carboxylic acids is 2. The molecule has 2 aliphatic rings. The maximum atomic E-state index is 12.9. The summed E-state index contributed by atoms with van der Waals surface area (Å²) in [4.78, 5) is 28.1. The zero-order chi connectivity index (χ0) is 17.8. The van der Waals surface area contributed by atoms with E-state index in [1.54, 1.807) is 9.58 Å². The number of nitrogens with one attached hydrogen (secondary N) is 1. The summed E-state index contributed by atoms with van der Waals surface area (Å²) < 4.78 is 1.71. The van der Waals surface area contributed by atoms with E-state index in [-0.39, 0.29) is 11.8 Å². The van der Waals surface area contributed by atoms with E-state index in [4.69, 9.17) is 0 Å². The molecule has 1 aliphatic carbocycles. The minimum Gasteiger partial charge on any atom is -0.323 e. The summed E-state index contributed by atoms with van der Waals surface area (Å²) in [6.45, 7) is 4.37. The number of thiophene rings is 1. The van der Waals surface area contributed by atoms with Gasteiger partial charge in [-0.15, -0.1) is 11.3 Å². The lowest BCUT2D eigenvalue weighted by Crippen LogP contribution is -2.66.